The molecule has 170 valence electrons. The predicted molar refractivity (Wildman–Crippen MR) is 121 cm³/mol. The first-order valence-corrected chi connectivity index (χ1v) is 11.0. The molecule has 3 aromatic carbocycles. The summed E-state index contributed by atoms with van der Waals surface area (Å²) in [5, 5.41) is 0. The lowest BCUT2D eigenvalue weighted by Gasteiger charge is -2.29. The van der Waals surface area contributed by atoms with Crippen LogP contribution in [0.5, 0.6) is 5.75 Å². The lowest BCUT2D eigenvalue weighted by atomic mass is 9.98. The van der Waals surface area contributed by atoms with Crippen LogP contribution in [-0.4, -0.2) is 27.6 Å². The lowest BCUT2D eigenvalue weighted by molar-refractivity contribution is -0.206. The third-order valence-electron chi connectivity index (χ3n) is 5.72. The normalized spacial score (nSPS) is 18.3. The van der Waals surface area contributed by atoms with Crippen LogP contribution in [0, 0.1) is 23.4 Å². The lowest BCUT2D eigenvalue weighted by Crippen LogP contribution is -2.27. The van der Waals surface area contributed by atoms with Gasteiger partial charge in [0.15, 0.2) is 17.9 Å². The van der Waals surface area contributed by atoms with E-state index in [0.717, 1.165) is 12.8 Å². The van der Waals surface area contributed by atoms with E-state index in [1.165, 1.54) is 18.2 Å². The van der Waals surface area contributed by atoms with Gasteiger partial charge in [-0.15, -0.1) is 0 Å². The third-order valence-corrected chi connectivity index (χ3v) is 5.72. The Labute approximate surface area is 192 Å². The minimum absolute atomic E-state index is 0.0761. The molecule has 0 unspecified atom stereocenters. The summed E-state index contributed by atoms with van der Waals surface area (Å²) >= 11 is 0. The zero-order chi connectivity index (χ0) is 23.4. The van der Waals surface area contributed by atoms with Crippen LogP contribution in [0.2, 0.25) is 0 Å². The molecule has 1 fully saturated rings. The van der Waals surface area contributed by atoms with Crippen molar-refractivity contribution in [2.45, 2.75) is 26.1 Å². The average Bonchev–Trinajstić information content (AvgIpc) is 2.83. The molecule has 33 heavy (non-hydrogen) atoms. The number of ether oxygens (including phenoxy) is 3. The second-order valence-electron chi connectivity index (χ2n) is 8.02. The van der Waals surface area contributed by atoms with Crippen LogP contribution in [0.25, 0.3) is 22.3 Å². The first-order chi connectivity index (χ1) is 16.0. The van der Waals surface area contributed by atoms with Crippen LogP contribution < -0.4 is 4.74 Å². The SMILES string of the molecule is [B]COc1ccc(-c2ccc(-c3ccc(C4OCC(CCC)CO4)cc3F)cc2)c(F)c1F. The van der Waals surface area contributed by atoms with Crippen molar-refractivity contribution in [3.8, 4) is 28.0 Å². The van der Waals surface area contributed by atoms with Crippen molar-refractivity contribution in [1.29, 1.82) is 0 Å². The Morgan fingerprint density at radius 3 is 2.12 bits per heavy atom. The van der Waals surface area contributed by atoms with E-state index in [2.05, 4.69) is 6.92 Å². The number of hydrogen-bond donors (Lipinski definition) is 0. The number of benzene rings is 3. The van der Waals surface area contributed by atoms with E-state index < -0.39 is 23.7 Å². The molecule has 4 rings (SSSR count). The summed E-state index contributed by atoms with van der Waals surface area (Å²) < 4.78 is 59.9. The molecule has 0 N–H and O–H groups in total. The fourth-order valence-electron chi connectivity index (χ4n) is 4.01. The van der Waals surface area contributed by atoms with Gasteiger partial charge in [0.05, 0.1) is 13.2 Å². The van der Waals surface area contributed by atoms with E-state index in [9.17, 15) is 13.2 Å². The maximum absolute atomic E-state index is 14.9. The van der Waals surface area contributed by atoms with E-state index in [4.69, 9.17) is 22.1 Å². The fourth-order valence-corrected chi connectivity index (χ4v) is 4.01. The summed E-state index contributed by atoms with van der Waals surface area (Å²) in [7, 11) is 5.23. The molecule has 3 aromatic rings. The molecule has 3 nitrogen and oxygen atoms in total. The van der Waals surface area contributed by atoms with Crippen molar-refractivity contribution >= 4 is 7.85 Å². The van der Waals surface area contributed by atoms with Crippen molar-refractivity contribution in [2.75, 3.05) is 19.7 Å². The molecule has 0 saturated carbocycles. The van der Waals surface area contributed by atoms with Crippen molar-refractivity contribution in [3.63, 3.8) is 0 Å². The summed E-state index contributed by atoms with van der Waals surface area (Å²) in [4.78, 5) is 0. The van der Waals surface area contributed by atoms with Gasteiger partial charge in [0.2, 0.25) is 5.82 Å². The number of halogens is 3. The Hall–Kier alpha value is -2.77. The smallest absolute Gasteiger partial charge is 0.201 e. The molecule has 1 aliphatic heterocycles. The zero-order valence-corrected chi connectivity index (χ0v) is 18.3. The van der Waals surface area contributed by atoms with Gasteiger partial charge in [-0.3, -0.25) is 0 Å². The second-order valence-corrected chi connectivity index (χ2v) is 8.02. The molecule has 7 heteroatoms. The van der Waals surface area contributed by atoms with E-state index >= 15 is 0 Å². The van der Waals surface area contributed by atoms with E-state index in [1.54, 1.807) is 36.4 Å². The highest BCUT2D eigenvalue weighted by atomic mass is 19.2. The summed E-state index contributed by atoms with van der Waals surface area (Å²) in [5.74, 6) is -2.42. The molecule has 0 amide bonds. The zero-order valence-electron chi connectivity index (χ0n) is 18.3. The van der Waals surface area contributed by atoms with Gasteiger partial charge in [-0.05, 0) is 35.7 Å². The minimum atomic E-state index is -1.10. The Morgan fingerprint density at radius 1 is 0.879 bits per heavy atom. The van der Waals surface area contributed by atoms with E-state index in [0.29, 0.717) is 41.4 Å². The summed E-state index contributed by atoms with van der Waals surface area (Å²) in [6.45, 7) is 3.06. The molecule has 1 aliphatic rings. The average molecular weight is 452 g/mol. The molecule has 1 saturated heterocycles. The largest absolute Gasteiger partial charge is 0.500 e. The number of rotatable bonds is 7. The standard InChI is InChI=1S/C26H24BF3O3/c1-2-3-16-13-31-26(32-14-16)19-8-9-20(22(28)12-19)17-4-6-18(7-5-17)21-10-11-23(33-15-27)25(30)24(21)29/h4-12,16,26H,2-3,13-15H2,1H3. The van der Waals surface area contributed by atoms with Crippen LogP contribution in [-0.2, 0) is 9.47 Å². The second kappa shape index (κ2) is 10.4. The molecule has 0 atom stereocenters. The first-order valence-electron chi connectivity index (χ1n) is 11.0. The highest BCUT2D eigenvalue weighted by Gasteiger charge is 2.24. The molecule has 1 heterocycles. The first kappa shape index (κ1) is 23.4. The monoisotopic (exact) mass is 452 g/mol. The van der Waals surface area contributed by atoms with Gasteiger partial charge in [0.1, 0.15) is 13.7 Å². The molecule has 0 spiro atoms. The van der Waals surface area contributed by atoms with Crippen LogP contribution in [0.4, 0.5) is 13.2 Å². The molecular weight excluding hydrogens is 428 g/mol. The van der Waals surface area contributed by atoms with Crippen molar-refractivity contribution in [1.82, 2.24) is 0 Å². The van der Waals surface area contributed by atoms with E-state index in [-0.39, 0.29) is 17.8 Å². The minimum Gasteiger partial charge on any atom is -0.500 e. The summed E-state index contributed by atoms with van der Waals surface area (Å²) in [6.07, 6.45) is 1.53. The van der Waals surface area contributed by atoms with Crippen LogP contribution in [0.1, 0.15) is 31.6 Å². The van der Waals surface area contributed by atoms with Crippen LogP contribution >= 0.6 is 0 Å². The third kappa shape index (κ3) is 5.10. The number of hydrogen-bond acceptors (Lipinski definition) is 3. The maximum atomic E-state index is 14.9. The van der Waals surface area contributed by atoms with Crippen molar-refractivity contribution in [2.24, 2.45) is 5.92 Å². The Kier molecular flexibility index (Phi) is 7.41. The molecular formula is C26H24BF3O3. The maximum Gasteiger partial charge on any atom is 0.201 e. The van der Waals surface area contributed by atoms with E-state index in [1.807, 2.05) is 0 Å². The van der Waals surface area contributed by atoms with Gasteiger partial charge in [-0.2, -0.15) is 4.39 Å². The van der Waals surface area contributed by atoms with Gasteiger partial charge in [-0.1, -0.05) is 49.7 Å². The van der Waals surface area contributed by atoms with Gasteiger partial charge < -0.3 is 14.2 Å². The van der Waals surface area contributed by atoms with Crippen molar-refractivity contribution < 1.29 is 27.4 Å². The fraction of sp³-hybridized carbons (Fsp3) is 0.308. The van der Waals surface area contributed by atoms with Gasteiger partial charge >= 0.3 is 0 Å². The van der Waals surface area contributed by atoms with Gasteiger partial charge in [0, 0.05) is 29.1 Å². The Balaban J connectivity index is 1.51. The predicted octanol–water partition coefficient (Wildman–Crippen LogP) is 6.40. The van der Waals surface area contributed by atoms with Crippen LogP contribution in [0.15, 0.2) is 54.6 Å². The molecule has 0 bridgehead atoms. The molecule has 0 aromatic heterocycles. The molecule has 0 aliphatic carbocycles. The highest BCUT2D eigenvalue weighted by molar-refractivity contribution is 6.08. The topological polar surface area (TPSA) is 27.7 Å². The van der Waals surface area contributed by atoms with Crippen molar-refractivity contribution in [3.05, 3.63) is 77.6 Å². The van der Waals surface area contributed by atoms with Gasteiger partial charge in [0.25, 0.3) is 0 Å². The quantitative estimate of drug-likeness (QED) is 0.388. The Morgan fingerprint density at radius 2 is 1.52 bits per heavy atom. The Bertz CT molecular complexity index is 1100. The summed E-state index contributed by atoms with van der Waals surface area (Å²) in [5.41, 5.74) is 2.16. The summed E-state index contributed by atoms with van der Waals surface area (Å²) in [6, 6.07) is 14.2. The highest BCUT2D eigenvalue weighted by Crippen LogP contribution is 2.33. The molecule has 2 radical (unpaired) electrons. The van der Waals surface area contributed by atoms with Crippen LogP contribution in [0.3, 0.4) is 0 Å². The van der Waals surface area contributed by atoms with Gasteiger partial charge in [-0.25, -0.2) is 8.78 Å².